The predicted octanol–water partition coefficient (Wildman–Crippen LogP) is 2.44. The first-order valence-corrected chi connectivity index (χ1v) is 5.51. The number of carbonyl (C=O) groups is 1. The molecule has 0 saturated heterocycles. The molecule has 0 spiro atoms. The fourth-order valence-electron chi connectivity index (χ4n) is 2.06. The van der Waals surface area contributed by atoms with E-state index in [0.717, 1.165) is 12.8 Å². The lowest BCUT2D eigenvalue weighted by Crippen LogP contribution is -2.31. The molecule has 3 heteroatoms. The summed E-state index contributed by atoms with van der Waals surface area (Å²) in [4.78, 5) is 10.8. The summed E-state index contributed by atoms with van der Waals surface area (Å²) in [6, 6.07) is 0. The van der Waals surface area contributed by atoms with Gasteiger partial charge in [0.1, 0.15) is 0 Å². The second-order valence-corrected chi connectivity index (χ2v) is 4.26. The van der Waals surface area contributed by atoms with Crippen molar-refractivity contribution in [1.82, 2.24) is 0 Å². The van der Waals surface area contributed by atoms with Crippen LogP contribution in [0.4, 0.5) is 0 Å². The average Bonchev–Trinajstić information content (AvgIpc) is 2.14. The Kier molecular flexibility index (Phi) is 4.39. The molecule has 0 aliphatic heterocycles. The van der Waals surface area contributed by atoms with Gasteiger partial charge < -0.3 is 9.84 Å². The Bertz CT molecular complexity index is 191. The van der Waals surface area contributed by atoms with Gasteiger partial charge in [0.15, 0.2) is 6.10 Å². The molecule has 1 N–H and O–H groups in total. The molecular weight excluding hydrogens is 180 g/mol. The standard InChI is InChI=1S/C11H20O3/c1-3-10(11(12)13)14-9-6-4-5-8(2)7-9/h8-10H,3-7H2,1-2H3,(H,12,13). The van der Waals surface area contributed by atoms with Crippen LogP contribution in [0.15, 0.2) is 0 Å². The van der Waals surface area contributed by atoms with E-state index in [1.54, 1.807) is 0 Å². The molecule has 0 heterocycles. The van der Waals surface area contributed by atoms with Gasteiger partial charge in [0.25, 0.3) is 0 Å². The maximum atomic E-state index is 10.8. The van der Waals surface area contributed by atoms with Crippen LogP contribution >= 0.6 is 0 Å². The number of ether oxygens (including phenoxy) is 1. The van der Waals surface area contributed by atoms with Crippen molar-refractivity contribution in [3.05, 3.63) is 0 Å². The van der Waals surface area contributed by atoms with Crippen LogP contribution in [-0.4, -0.2) is 23.3 Å². The zero-order valence-electron chi connectivity index (χ0n) is 9.03. The SMILES string of the molecule is CCC(OC1CCCC(C)C1)C(=O)O. The smallest absolute Gasteiger partial charge is 0.332 e. The van der Waals surface area contributed by atoms with E-state index in [0.29, 0.717) is 12.3 Å². The van der Waals surface area contributed by atoms with Crippen LogP contribution in [0.25, 0.3) is 0 Å². The summed E-state index contributed by atoms with van der Waals surface area (Å²) in [5.41, 5.74) is 0. The summed E-state index contributed by atoms with van der Waals surface area (Å²) < 4.78 is 5.57. The van der Waals surface area contributed by atoms with Crippen molar-refractivity contribution >= 4 is 5.97 Å². The van der Waals surface area contributed by atoms with E-state index in [1.165, 1.54) is 12.8 Å². The van der Waals surface area contributed by atoms with Crippen molar-refractivity contribution in [2.24, 2.45) is 5.92 Å². The zero-order valence-corrected chi connectivity index (χ0v) is 9.03. The van der Waals surface area contributed by atoms with Gasteiger partial charge in [-0.25, -0.2) is 4.79 Å². The zero-order chi connectivity index (χ0) is 10.6. The molecule has 82 valence electrons. The largest absolute Gasteiger partial charge is 0.479 e. The van der Waals surface area contributed by atoms with Gasteiger partial charge >= 0.3 is 5.97 Å². The maximum absolute atomic E-state index is 10.8. The minimum Gasteiger partial charge on any atom is -0.479 e. The Morgan fingerprint density at radius 3 is 2.79 bits per heavy atom. The Balaban J connectivity index is 2.37. The summed E-state index contributed by atoms with van der Waals surface area (Å²) in [5.74, 6) is -0.147. The molecule has 3 nitrogen and oxygen atoms in total. The molecule has 0 aromatic heterocycles. The average molecular weight is 200 g/mol. The van der Waals surface area contributed by atoms with E-state index in [2.05, 4.69) is 6.92 Å². The number of rotatable bonds is 4. The van der Waals surface area contributed by atoms with E-state index < -0.39 is 12.1 Å². The number of carboxylic acid groups (broad SMARTS) is 1. The van der Waals surface area contributed by atoms with Crippen LogP contribution in [0.5, 0.6) is 0 Å². The normalized spacial score (nSPS) is 29.9. The monoisotopic (exact) mass is 200 g/mol. The molecule has 3 unspecified atom stereocenters. The fraction of sp³-hybridized carbons (Fsp3) is 0.909. The van der Waals surface area contributed by atoms with Gasteiger partial charge in [0.2, 0.25) is 0 Å². The van der Waals surface area contributed by atoms with Gasteiger partial charge in [-0.05, 0) is 25.2 Å². The van der Waals surface area contributed by atoms with Gasteiger partial charge in [0.05, 0.1) is 6.10 Å². The van der Waals surface area contributed by atoms with Gasteiger partial charge in [-0.3, -0.25) is 0 Å². The summed E-state index contributed by atoms with van der Waals surface area (Å²) in [5, 5.41) is 8.84. The highest BCUT2D eigenvalue weighted by Crippen LogP contribution is 2.26. The van der Waals surface area contributed by atoms with E-state index in [9.17, 15) is 4.79 Å². The Labute approximate surface area is 85.5 Å². The van der Waals surface area contributed by atoms with Crippen molar-refractivity contribution in [3.8, 4) is 0 Å². The minimum absolute atomic E-state index is 0.166. The third-order valence-electron chi connectivity index (χ3n) is 2.89. The van der Waals surface area contributed by atoms with Crippen molar-refractivity contribution in [2.75, 3.05) is 0 Å². The molecule has 14 heavy (non-hydrogen) atoms. The van der Waals surface area contributed by atoms with Crippen molar-refractivity contribution < 1.29 is 14.6 Å². The van der Waals surface area contributed by atoms with Crippen LogP contribution in [0.2, 0.25) is 0 Å². The molecule has 1 aliphatic carbocycles. The summed E-state index contributed by atoms with van der Waals surface area (Å²) in [6.07, 6.45) is 4.58. The van der Waals surface area contributed by atoms with Gasteiger partial charge in [-0.15, -0.1) is 0 Å². The fourth-order valence-corrected chi connectivity index (χ4v) is 2.06. The quantitative estimate of drug-likeness (QED) is 0.758. The van der Waals surface area contributed by atoms with Crippen molar-refractivity contribution in [1.29, 1.82) is 0 Å². The Morgan fingerprint density at radius 1 is 1.57 bits per heavy atom. The van der Waals surface area contributed by atoms with Gasteiger partial charge in [-0.2, -0.15) is 0 Å². The first-order valence-electron chi connectivity index (χ1n) is 5.51. The molecule has 1 fully saturated rings. The molecular formula is C11H20O3. The highest BCUT2D eigenvalue weighted by Gasteiger charge is 2.25. The lowest BCUT2D eigenvalue weighted by molar-refractivity contribution is -0.156. The lowest BCUT2D eigenvalue weighted by atomic mass is 9.88. The molecule has 1 saturated carbocycles. The molecule has 0 radical (unpaired) electrons. The predicted molar refractivity (Wildman–Crippen MR) is 54.2 cm³/mol. The van der Waals surface area contributed by atoms with E-state index >= 15 is 0 Å². The number of hydrogen-bond acceptors (Lipinski definition) is 2. The minimum atomic E-state index is -0.828. The van der Waals surface area contributed by atoms with Crippen molar-refractivity contribution in [2.45, 2.75) is 58.2 Å². The highest BCUT2D eigenvalue weighted by molar-refractivity contribution is 5.72. The molecule has 0 aromatic rings. The van der Waals surface area contributed by atoms with Gasteiger partial charge in [-0.1, -0.05) is 26.7 Å². The van der Waals surface area contributed by atoms with Crippen LogP contribution in [-0.2, 0) is 9.53 Å². The van der Waals surface area contributed by atoms with E-state index in [1.807, 2.05) is 6.92 Å². The molecule has 1 aliphatic rings. The van der Waals surface area contributed by atoms with Gasteiger partial charge in [0, 0.05) is 0 Å². The number of carboxylic acids is 1. The molecule has 3 atom stereocenters. The third kappa shape index (κ3) is 3.29. The summed E-state index contributed by atoms with van der Waals surface area (Å²) in [6.45, 7) is 4.06. The summed E-state index contributed by atoms with van der Waals surface area (Å²) >= 11 is 0. The topological polar surface area (TPSA) is 46.5 Å². The molecule has 1 rings (SSSR count). The Morgan fingerprint density at radius 2 is 2.29 bits per heavy atom. The number of aliphatic carboxylic acids is 1. The first kappa shape index (κ1) is 11.5. The van der Waals surface area contributed by atoms with Crippen LogP contribution in [0.1, 0.15) is 46.0 Å². The van der Waals surface area contributed by atoms with Crippen LogP contribution in [0, 0.1) is 5.92 Å². The molecule has 0 amide bonds. The lowest BCUT2D eigenvalue weighted by Gasteiger charge is -2.28. The highest BCUT2D eigenvalue weighted by atomic mass is 16.5. The van der Waals surface area contributed by atoms with Crippen LogP contribution < -0.4 is 0 Å². The summed E-state index contributed by atoms with van der Waals surface area (Å²) in [7, 11) is 0. The van der Waals surface area contributed by atoms with Crippen LogP contribution in [0.3, 0.4) is 0 Å². The molecule has 0 bridgehead atoms. The second kappa shape index (κ2) is 5.35. The van der Waals surface area contributed by atoms with E-state index in [4.69, 9.17) is 9.84 Å². The maximum Gasteiger partial charge on any atom is 0.332 e. The van der Waals surface area contributed by atoms with Crippen molar-refractivity contribution in [3.63, 3.8) is 0 Å². The first-order chi connectivity index (χ1) is 6.63. The Hall–Kier alpha value is -0.570. The molecule has 0 aromatic carbocycles. The third-order valence-corrected chi connectivity index (χ3v) is 2.89. The second-order valence-electron chi connectivity index (χ2n) is 4.26. The van der Waals surface area contributed by atoms with E-state index in [-0.39, 0.29) is 6.10 Å². The number of hydrogen-bond donors (Lipinski definition) is 1.